The molecule has 292 valence electrons. The van der Waals surface area contributed by atoms with E-state index in [2.05, 4.69) is 102 Å². The molecule has 58 heavy (non-hydrogen) atoms. The summed E-state index contributed by atoms with van der Waals surface area (Å²) in [7, 11) is 0. The van der Waals surface area contributed by atoms with Gasteiger partial charge in [-0.1, -0.05) is 104 Å². The first kappa shape index (κ1) is 39.3. The lowest BCUT2D eigenvalue weighted by Gasteiger charge is -2.32. The lowest BCUT2D eigenvalue weighted by molar-refractivity contribution is -0.137. The van der Waals surface area contributed by atoms with Gasteiger partial charge in [0.25, 0.3) is 0 Å². The number of benzene rings is 6. The highest BCUT2D eigenvalue weighted by molar-refractivity contribution is 8.00. The van der Waals surface area contributed by atoms with E-state index >= 15 is 0 Å². The van der Waals surface area contributed by atoms with Crippen molar-refractivity contribution < 1.29 is 28.6 Å². The highest BCUT2D eigenvalue weighted by Gasteiger charge is 2.36. The van der Waals surface area contributed by atoms with E-state index in [0.29, 0.717) is 17.2 Å². The topological polar surface area (TPSA) is 103 Å². The lowest BCUT2D eigenvalue weighted by Crippen LogP contribution is -2.41. The fourth-order valence-electron chi connectivity index (χ4n) is 6.71. The van der Waals surface area contributed by atoms with Crippen molar-refractivity contribution in [3.63, 3.8) is 0 Å². The van der Waals surface area contributed by atoms with Gasteiger partial charge in [0.1, 0.15) is 19.8 Å². The number of hydrogen-bond acceptors (Lipinski definition) is 10. The smallest absolute Gasteiger partial charge is 0.411 e. The van der Waals surface area contributed by atoms with Gasteiger partial charge in [-0.3, -0.25) is 5.32 Å². The quantitative estimate of drug-likeness (QED) is 0.0346. The van der Waals surface area contributed by atoms with Crippen LogP contribution in [-0.4, -0.2) is 56.0 Å². The molecule has 2 aromatic heterocycles. The number of amides is 2. The SMILES string of the molecule is C=CC(=O)OCCNC(=O)OCC(COC(=O)Nc1cccc2ccccc12)(CSc1cccc2c1sc1ccccc12)CSc1cccc2c1sc1ccccc12. The molecule has 2 amide bonds. The average Bonchev–Trinajstić information content (AvgIpc) is 3.84. The molecule has 8 aromatic rings. The summed E-state index contributed by atoms with van der Waals surface area (Å²) in [5.74, 6) is 0.341. The summed E-state index contributed by atoms with van der Waals surface area (Å²) in [6.45, 7) is 3.32. The molecule has 0 radical (unpaired) electrons. The van der Waals surface area contributed by atoms with Gasteiger partial charge in [0.2, 0.25) is 0 Å². The largest absolute Gasteiger partial charge is 0.461 e. The van der Waals surface area contributed by atoms with E-state index in [1.165, 1.54) is 40.3 Å². The predicted molar refractivity (Wildman–Crippen MR) is 242 cm³/mol. The summed E-state index contributed by atoms with van der Waals surface area (Å²) in [5.41, 5.74) is -0.228. The van der Waals surface area contributed by atoms with Crippen molar-refractivity contribution in [1.29, 1.82) is 0 Å². The number of ether oxygens (including phenoxy) is 3. The van der Waals surface area contributed by atoms with Gasteiger partial charge >= 0.3 is 18.2 Å². The minimum Gasteiger partial charge on any atom is -0.461 e. The van der Waals surface area contributed by atoms with Crippen molar-refractivity contribution in [1.82, 2.24) is 5.32 Å². The maximum Gasteiger partial charge on any atom is 0.411 e. The summed E-state index contributed by atoms with van der Waals surface area (Å²) in [4.78, 5) is 40.6. The van der Waals surface area contributed by atoms with Gasteiger partial charge in [-0.15, -0.1) is 46.2 Å². The van der Waals surface area contributed by atoms with Crippen molar-refractivity contribution in [2.24, 2.45) is 5.41 Å². The van der Waals surface area contributed by atoms with Crippen LogP contribution < -0.4 is 10.6 Å². The minimum atomic E-state index is -0.865. The van der Waals surface area contributed by atoms with Crippen molar-refractivity contribution in [2.45, 2.75) is 9.79 Å². The van der Waals surface area contributed by atoms with E-state index in [1.54, 1.807) is 46.2 Å². The van der Waals surface area contributed by atoms with E-state index in [9.17, 15) is 14.4 Å². The summed E-state index contributed by atoms with van der Waals surface area (Å²) in [5, 5.41) is 12.3. The van der Waals surface area contributed by atoms with Crippen molar-refractivity contribution >= 4 is 121 Å². The molecule has 0 atom stereocenters. The number of rotatable bonds is 15. The van der Waals surface area contributed by atoms with Gasteiger partial charge < -0.3 is 19.5 Å². The standard InChI is InChI=1S/C46H38N2O6S4/c1-2-41(49)52-25-24-47-44(50)53-26-46(27-54-45(51)48-36-19-9-13-30-12-3-4-14-31(30)36,28-55-39-22-10-17-34-32-15-5-7-20-37(32)57-42(34)39)29-56-40-23-11-18-35-33-16-6-8-21-38(33)58-43(35)40/h2-23H,1,24-29H2,(H,47,50)(H,48,51). The number of thioether (sulfide) groups is 2. The maximum atomic E-state index is 13.7. The Morgan fingerprint density at radius 3 is 1.74 bits per heavy atom. The number of esters is 1. The molecule has 0 bridgehead atoms. The first-order valence-electron chi connectivity index (χ1n) is 18.6. The normalized spacial score (nSPS) is 11.6. The molecule has 0 unspecified atom stereocenters. The Balaban J connectivity index is 1.11. The molecule has 6 aromatic carbocycles. The number of carbonyl (C=O) groups is 3. The zero-order chi connectivity index (χ0) is 39.9. The number of alkyl carbamates (subject to hydrolysis) is 1. The number of nitrogens with one attached hydrogen (secondary N) is 2. The van der Waals surface area contributed by atoms with Crippen LogP contribution >= 0.6 is 46.2 Å². The zero-order valence-corrected chi connectivity index (χ0v) is 34.5. The summed E-state index contributed by atoms with van der Waals surface area (Å²) in [6.07, 6.45) is -0.216. The van der Waals surface area contributed by atoms with Crippen LogP contribution in [0, 0.1) is 5.41 Å². The first-order valence-corrected chi connectivity index (χ1v) is 22.2. The van der Waals surface area contributed by atoms with Gasteiger partial charge in [0.15, 0.2) is 0 Å². The molecule has 2 heterocycles. The Bertz CT molecular complexity index is 2670. The number of hydrogen-bond donors (Lipinski definition) is 2. The Labute approximate surface area is 351 Å². The van der Waals surface area contributed by atoms with Crippen molar-refractivity contribution in [3.05, 3.63) is 140 Å². The second-order valence-corrected chi connectivity index (χ2v) is 17.8. The predicted octanol–water partition coefficient (Wildman–Crippen LogP) is 12.2. The van der Waals surface area contributed by atoms with E-state index in [1.807, 2.05) is 42.5 Å². The Kier molecular flexibility index (Phi) is 12.2. The van der Waals surface area contributed by atoms with E-state index in [-0.39, 0.29) is 26.4 Å². The summed E-state index contributed by atoms with van der Waals surface area (Å²) >= 11 is 6.82. The highest BCUT2D eigenvalue weighted by atomic mass is 32.2. The molecule has 0 aliphatic heterocycles. The second kappa shape index (κ2) is 17.9. The monoisotopic (exact) mass is 842 g/mol. The molecular weight excluding hydrogens is 805 g/mol. The van der Waals surface area contributed by atoms with Gasteiger partial charge in [-0.05, 0) is 35.7 Å². The number of anilines is 1. The molecule has 0 aliphatic carbocycles. The highest BCUT2D eigenvalue weighted by Crippen LogP contribution is 2.44. The van der Waals surface area contributed by atoms with E-state index in [0.717, 1.165) is 26.6 Å². The van der Waals surface area contributed by atoms with Crippen molar-refractivity contribution in [2.75, 3.05) is 43.2 Å². The summed E-state index contributed by atoms with van der Waals surface area (Å²) < 4.78 is 21.9. The molecular formula is C46H38N2O6S4. The Morgan fingerprint density at radius 1 is 0.603 bits per heavy atom. The average molecular weight is 843 g/mol. The fourth-order valence-corrected chi connectivity index (χ4v) is 12.0. The second-order valence-electron chi connectivity index (χ2n) is 13.6. The van der Waals surface area contributed by atoms with Crippen LogP contribution in [0.2, 0.25) is 0 Å². The first-order chi connectivity index (χ1) is 28.4. The molecule has 0 spiro atoms. The number of carbonyl (C=O) groups excluding carboxylic acids is 3. The molecule has 8 nitrogen and oxygen atoms in total. The zero-order valence-electron chi connectivity index (χ0n) is 31.2. The van der Waals surface area contributed by atoms with E-state index in [4.69, 9.17) is 14.2 Å². The van der Waals surface area contributed by atoms with Crippen LogP contribution in [-0.2, 0) is 19.0 Å². The fraction of sp³-hybridized carbons (Fsp3) is 0.152. The van der Waals surface area contributed by atoms with Crippen LogP contribution in [0.1, 0.15) is 0 Å². The Morgan fingerprint density at radius 2 is 1.12 bits per heavy atom. The third-order valence-corrected chi connectivity index (χ3v) is 15.1. The minimum absolute atomic E-state index is 0.0351. The molecule has 0 saturated heterocycles. The van der Waals surface area contributed by atoms with Crippen LogP contribution in [0.15, 0.2) is 150 Å². The molecule has 0 aliphatic rings. The van der Waals surface area contributed by atoms with Gasteiger partial charge in [-0.25, -0.2) is 14.4 Å². The number of fused-ring (bicyclic) bond motifs is 7. The van der Waals surface area contributed by atoms with Gasteiger partial charge in [0, 0.05) is 73.1 Å². The third-order valence-electron chi connectivity index (χ3n) is 9.63. The molecule has 0 saturated carbocycles. The van der Waals surface area contributed by atoms with Gasteiger partial charge in [-0.2, -0.15) is 0 Å². The maximum absolute atomic E-state index is 13.7. The summed E-state index contributed by atoms with van der Waals surface area (Å²) in [6, 6.07) is 43.0. The molecule has 12 heteroatoms. The van der Waals surface area contributed by atoms with E-state index < -0.39 is 23.6 Å². The third kappa shape index (κ3) is 8.80. The van der Waals surface area contributed by atoms with Crippen LogP contribution in [0.5, 0.6) is 0 Å². The Hall–Kier alpha value is -5.53. The molecule has 0 fully saturated rings. The lowest BCUT2D eigenvalue weighted by atomic mass is 9.95. The van der Waals surface area contributed by atoms with Crippen LogP contribution in [0.3, 0.4) is 0 Å². The van der Waals surface area contributed by atoms with Gasteiger partial charge in [0.05, 0.1) is 17.6 Å². The van der Waals surface area contributed by atoms with Crippen LogP contribution in [0.4, 0.5) is 15.3 Å². The number of thiophene rings is 2. The molecule has 8 rings (SSSR count). The van der Waals surface area contributed by atoms with Crippen LogP contribution in [0.25, 0.3) is 51.1 Å². The molecule has 2 N–H and O–H groups in total. The van der Waals surface area contributed by atoms with Crippen molar-refractivity contribution in [3.8, 4) is 0 Å².